The van der Waals surface area contributed by atoms with E-state index in [0.29, 0.717) is 19.3 Å². The molecule has 0 N–H and O–H groups in total. The highest BCUT2D eigenvalue weighted by Gasteiger charge is 2.19. The third-order valence-corrected chi connectivity index (χ3v) is 10.6. The van der Waals surface area contributed by atoms with E-state index >= 15 is 0 Å². The first-order valence-corrected chi connectivity index (χ1v) is 26.7. The van der Waals surface area contributed by atoms with E-state index in [9.17, 15) is 14.4 Å². The zero-order chi connectivity index (χ0) is 48.6. The zero-order valence-electron chi connectivity index (χ0n) is 42.9. The molecule has 1 atom stereocenters. The fourth-order valence-corrected chi connectivity index (χ4v) is 6.67. The third-order valence-electron chi connectivity index (χ3n) is 10.6. The van der Waals surface area contributed by atoms with Gasteiger partial charge in [0.05, 0.1) is 0 Å². The van der Waals surface area contributed by atoms with E-state index in [-0.39, 0.29) is 31.6 Å². The van der Waals surface area contributed by atoms with Gasteiger partial charge in [-0.05, 0) is 116 Å². The Morgan fingerprint density at radius 1 is 0.313 bits per heavy atom. The van der Waals surface area contributed by atoms with Crippen molar-refractivity contribution in [1.82, 2.24) is 0 Å². The lowest BCUT2D eigenvalue weighted by Gasteiger charge is -2.18. The minimum atomic E-state index is -0.829. The number of unbranched alkanes of at least 4 members (excludes halogenated alkanes) is 13. The monoisotopic (exact) mass is 925 g/mol. The Hall–Kier alpha value is -4.45. The zero-order valence-corrected chi connectivity index (χ0v) is 42.9. The number of carbonyl (C=O) groups is 3. The lowest BCUT2D eigenvalue weighted by atomic mass is 10.1. The molecule has 0 aliphatic heterocycles. The summed E-state index contributed by atoms with van der Waals surface area (Å²) in [7, 11) is 0. The minimum Gasteiger partial charge on any atom is -0.462 e. The van der Waals surface area contributed by atoms with Crippen LogP contribution in [0.3, 0.4) is 0 Å². The van der Waals surface area contributed by atoms with Crippen molar-refractivity contribution < 1.29 is 28.6 Å². The highest BCUT2D eigenvalue weighted by atomic mass is 16.6. The first-order chi connectivity index (χ1) is 33.0. The quantitative estimate of drug-likeness (QED) is 0.0262. The van der Waals surface area contributed by atoms with Crippen molar-refractivity contribution in [2.45, 2.75) is 219 Å². The molecule has 0 radical (unpaired) electrons. The summed E-state index contributed by atoms with van der Waals surface area (Å²) in [5, 5.41) is 0. The van der Waals surface area contributed by atoms with Crippen LogP contribution in [0.25, 0.3) is 0 Å². The summed E-state index contributed by atoms with van der Waals surface area (Å²) in [6.45, 7) is 6.26. The highest BCUT2D eigenvalue weighted by molar-refractivity contribution is 5.71. The van der Waals surface area contributed by atoms with Crippen LogP contribution in [0.15, 0.2) is 134 Å². The molecule has 0 fully saturated rings. The van der Waals surface area contributed by atoms with Gasteiger partial charge in [-0.3, -0.25) is 14.4 Å². The van der Waals surface area contributed by atoms with Gasteiger partial charge in [0.2, 0.25) is 0 Å². The van der Waals surface area contributed by atoms with E-state index in [2.05, 4.69) is 142 Å². The van der Waals surface area contributed by atoms with Crippen LogP contribution in [0.2, 0.25) is 0 Å². The fraction of sp³-hybridized carbons (Fsp3) is 0.590. The predicted octanol–water partition coefficient (Wildman–Crippen LogP) is 17.9. The SMILES string of the molecule is CC/C=C\C/C=C\C/C=C\C/C=C\C/C=C\C/C=C\CCCCCCCCC(=O)OCC(COC(=O)CCCCCCC/C=C\CCCC)OC(=O)CC/C=C\C/C=C\C/C=C\C/C=C\CC. The van der Waals surface area contributed by atoms with Crippen molar-refractivity contribution in [3.63, 3.8) is 0 Å². The smallest absolute Gasteiger partial charge is 0.306 e. The number of carbonyl (C=O) groups excluding carboxylic acids is 3. The number of allylic oxidation sites excluding steroid dienone is 22. The lowest BCUT2D eigenvalue weighted by molar-refractivity contribution is -0.166. The summed E-state index contributed by atoms with van der Waals surface area (Å²) in [5.41, 5.74) is 0. The van der Waals surface area contributed by atoms with Gasteiger partial charge in [0.1, 0.15) is 13.2 Å². The van der Waals surface area contributed by atoms with Crippen molar-refractivity contribution in [2.75, 3.05) is 13.2 Å². The maximum absolute atomic E-state index is 12.7. The Kier molecular flexibility index (Phi) is 50.6. The summed E-state index contributed by atoms with van der Waals surface area (Å²) in [4.78, 5) is 37.9. The molecule has 0 heterocycles. The Labute approximate surface area is 411 Å². The van der Waals surface area contributed by atoms with Crippen LogP contribution >= 0.6 is 0 Å². The molecule has 0 saturated carbocycles. The van der Waals surface area contributed by atoms with Crippen LogP contribution in [0.1, 0.15) is 213 Å². The van der Waals surface area contributed by atoms with E-state index in [1.165, 1.54) is 38.5 Å². The van der Waals surface area contributed by atoms with Gasteiger partial charge in [0.15, 0.2) is 6.10 Å². The Bertz CT molecular complexity index is 1480. The molecule has 0 rings (SSSR count). The van der Waals surface area contributed by atoms with Crippen molar-refractivity contribution >= 4 is 17.9 Å². The molecule has 376 valence electrons. The largest absolute Gasteiger partial charge is 0.462 e. The standard InChI is InChI=1S/C61H96O6/c1-4-7-10-13-16-19-22-24-25-26-27-28-29-30-31-32-33-34-35-37-39-42-45-48-51-54-60(63)66-57-58(56-65-59(62)53-50-47-44-41-38-21-18-15-12-9-6-3)67-61(64)55-52-49-46-43-40-36-23-20-17-14-11-8-5-2/h7-8,10-11,15-20,24-25,27-28,30-31,33-34,36,40,46,49,58H,4-6,9,12-14,21-23,26,29,32,35,37-39,41-45,47-48,50-57H2,1-3H3/b10-7-,11-8-,18-15-,19-16-,20-17-,25-24-,28-27-,31-30-,34-33-,40-36-,49-46-. The molecule has 0 aliphatic rings. The number of hydrogen-bond acceptors (Lipinski definition) is 6. The predicted molar refractivity (Wildman–Crippen MR) is 288 cm³/mol. The second-order valence-corrected chi connectivity index (χ2v) is 17.0. The van der Waals surface area contributed by atoms with Crippen LogP contribution < -0.4 is 0 Å². The molecule has 0 spiro atoms. The molecule has 0 amide bonds. The molecular formula is C61H96O6. The van der Waals surface area contributed by atoms with Crippen LogP contribution in [-0.4, -0.2) is 37.2 Å². The first kappa shape index (κ1) is 62.5. The molecule has 0 aromatic carbocycles. The van der Waals surface area contributed by atoms with Crippen molar-refractivity contribution in [1.29, 1.82) is 0 Å². The molecule has 6 heteroatoms. The molecule has 6 nitrogen and oxygen atoms in total. The Balaban J connectivity index is 4.41. The normalized spacial score (nSPS) is 13.2. The molecule has 0 bridgehead atoms. The maximum Gasteiger partial charge on any atom is 0.306 e. The van der Waals surface area contributed by atoms with Crippen molar-refractivity contribution in [2.24, 2.45) is 0 Å². The van der Waals surface area contributed by atoms with Gasteiger partial charge in [-0.25, -0.2) is 0 Å². The lowest BCUT2D eigenvalue weighted by Crippen LogP contribution is -2.30. The van der Waals surface area contributed by atoms with E-state index in [0.717, 1.165) is 128 Å². The molecule has 0 aromatic heterocycles. The Morgan fingerprint density at radius 2 is 0.612 bits per heavy atom. The van der Waals surface area contributed by atoms with Crippen LogP contribution in [0, 0.1) is 0 Å². The molecule has 0 aliphatic carbocycles. The van der Waals surface area contributed by atoms with Crippen LogP contribution in [-0.2, 0) is 28.6 Å². The Morgan fingerprint density at radius 3 is 0.985 bits per heavy atom. The van der Waals surface area contributed by atoms with Gasteiger partial charge in [-0.1, -0.05) is 212 Å². The molecule has 1 unspecified atom stereocenters. The molecule has 67 heavy (non-hydrogen) atoms. The van der Waals surface area contributed by atoms with Gasteiger partial charge < -0.3 is 14.2 Å². The summed E-state index contributed by atoms with van der Waals surface area (Å²) in [5.74, 6) is -1.04. The van der Waals surface area contributed by atoms with Gasteiger partial charge in [0, 0.05) is 19.3 Å². The molecular weight excluding hydrogens is 829 g/mol. The first-order valence-electron chi connectivity index (χ1n) is 26.7. The summed E-state index contributed by atoms with van der Waals surface area (Å²) >= 11 is 0. The number of hydrogen-bond donors (Lipinski definition) is 0. The third kappa shape index (κ3) is 52.4. The second-order valence-electron chi connectivity index (χ2n) is 17.0. The number of rotatable bonds is 46. The summed E-state index contributed by atoms with van der Waals surface area (Å²) < 4.78 is 16.7. The topological polar surface area (TPSA) is 78.9 Å². The van der Waals surface area contributed by atoms with Gasteiger partial charge in [-0.15, -0.1) is 0 Å². The average molecular weight is 925 g/mol. The van der Waals surface area contributed by atoms with E-state index < -0.39 is 12.1 Å². The van der Waals surface area contributed by atoms with Gasteiger partial charge in [-0.2, -0.15) is 0 Å². The average Bonchev–Trinajstić information content (AvgIpc) is 3.33. The fourth-order valence-electron chi connectivity index (χ4n) is 6.67. The maximum atomic E-state index is 12.7. The number of ether oxygens (including phenoxy) is 3. The van der Waals surface area contributed by atoms with Gasteiger partial charge >= 0.3 is 17.9 Å². The second kappa shape index (κ2) is 54.2. The van der Waals surface area contributed by atoms with Crippen molar-refractivity contribution in [3.8, 4) is 0 Å². The van der Waals surface area contributed by atoms with Crippen LogP contribution in [0.4, 0.5) is 0 Å². The van der Waals surface area contributed by atoms with Crippen LogP contribution in [0.5, 0.6) is 0 Å². The van der Waals surface area contributed by atoms with E-state index in [1.54, 1.807) is 0 Å². The van der Waals surface area contributed by atoms with E-state index in [4.69, 9.17) is 14.2 Å². The number of esters is 3. The molecule has 0 saturated heterocycles. The van der Waals surface area contributed by atoms with Crippen molar-refractivity contribution in [3.05, 3.63) is 134 Å². The van der Waals surface area contributed by atoms with Gasteiger partial charge in [0.25, 0.3) is 0 Å². The summed E-state index contributed by atoms with van der Waals surface area (Å²) in [6.07, 6.45) is 76.0. The highest BCUT2D eigenvalue weighted by Crippen LogP contribution is 2.12. The van der Waals surface area contributed by atoms with E-state index in [1.807, 2.05) is 12.2 Å². The summed E-state index contributed by atoms with van der Waals surface area (Å²) in [6, 6.07) is 0. The molecule has 0 aromatic rings. The minimum absolute atomic E-state index is 0.120.